The van der Waals surface area contributed by atoms with E-state index in [9.17, 15) is 40.7 Å². The Morgan fingerprint density at radius 2 is 0.338 bits per heavy atom. The van der Waals surface area contributed by atoms with E-state index < -0.39 is 59.9 Å². The number of hydrogen-bond donors (Lipinski definition) is 3. The van der Waals surface area contributed by atoms with E-state index in [0.717, 1.165) is 32.9 Å². The fraction of sp³-hybridized carbons (Fsp3) is 0. The van der Waals surface area contributed by atoms with Crippen LogP contribution in [0, 0.1) is 34.9 Å². The molecule has 9 rings (SSSR count). The monoisotopic (exact) mass is 1000 g/mol. The first-order valence-electron chi connectivity index (χ1n) is 20.9. The molecule has 9 aromatic carbocycles. The van der Waals surface area contributed by atoms with Crippen molar-refractivity contribution in [2.24, 2.45) is 0 Å². The van der Waals surface area contributed by atoms with Gasteiger partial charge in [-0.1, -0.05) is 164 Å². The predicted molar refractivity (Wildman–Crippen MR) is 259 cm³/mol. The first-order valence-corrected chi connectivity index (χ1v) is 27.3. The zero-order valence-electron chi connectivity index (χ0n) is 36.0. The minimum absolute atomic E-state index is 0.414. The zero-order valence-corrected chi connectivity index (χ0v) is 40.4. The molecule has 0 spiro atoms. The van der Waals surface area contributed by atoms with Crippen LogP contribution in [0.15, 0.2) is 237 Å². The second kappa shape index (κ2) is 23.5. The molecule has 0 aliphatic carbocycles. The van der Waals surface area contributed by atoms with E-state index in [2.05, 4.69) is 0 Å². The molecular formula is C54H42F6O4Si3V. The predicted octanol–water partition coefficient (Wildman–Crippen LogP) is 5.65. The summed E-state index contributed by atoms with van der Waals surface area (Å²) >= 11 is 1.06. The van der Waals surface area contributed by atoms with Crippen molar-refractivity contribution in [2.45, 2.75) is 0 Å². The van der Waals surface area contributed by atoms with E-state index in [-0.39, 0.29) is 0 Å². The van der Waals surface area contributed by atoms with Crippen LogP contribution < -0.4 is 46.7 Å². The van der Waals surface area contributed by atoms with Gasteiger partial charge >= 0.3 is 21.0 Å². The van der Waals surface area contributed by atoms with E-state index in [1.165, 1.54) is 146 Å². The van der Waals surface area contributed by atoms with E-state index in [4.69, 9.17) is 3.67 Å². The Kier molecular flexibility index (Phi) is 17.6. The molecular weight excluding hydrogens is 962 g/mol. The Bertz CT molecular complexity index is 2480. The summed E-state index contributed by atoms with van der Waals surface area (Å²) in [5.74, 6) is -2.48. The van der Waals surface area contributed by atoms with Gasteiger partial charge in [-0.3, -0.25) is 0 Å². The second-order valence-electron chi connectivity index (χ2n) is 15.3. The third-order valence-corrected chi connectivity index (χ3v) is 21.7. The summed E-state index contributed by atoms with van der Waals surface area (Å²) in [6, 6.07) is 63.2. The van der Waals surface area contributed by atoms with Gasteiger partial charge in [0.25, 0.3) is 25.0 Å². The van der Waals surface area contributed by atoms with Crippen molar-refractivity contribution in [3.63, 3.8) is 0 Å². The Morgan fingerprint density at radius 3 is 0.471 bits per heavy atom. The molecule has 14 heteroatoms. The molecule has 68 heavy (non-hydrogen) atoms. The van der Waals surface area contributed by atoms with Gasteiger partial charge in [0.15, 0.2) is 0 Å². The molecule has 0 fully saturated rings. The van der Waals surface area contributed by atoms with Crippen molar-refractivity contribution in [1.82, 2.24) is 0 Å². The molecule has 0 aromatic heterocycles. The third-order valence-electron chi connectivity index (χ3n) is 11.1. The summed E-state index contributed by atoms with van der Waals surface area (Å²) in [4.78, 5) is 34.5. The third kappa shape index (κ3) is 11.8. The van der Waals surface area contributed by atoms with Crippen LogP contribution in [0.25, 0.3) is 0 Å². The number of halogens is 6. The summed E-state index contributed by atoms with van der Waals surface area (Å²) in [7, 11) is -9.77. The van der Waals surface area contributed by atoms with Gasteiger partial charge in [0, 0.05) is 0 Å². The summed E-state index contributed by atoms with van der Waals surface area (Å²) in [5.41, 5.74) is 0. The summed E-state index contributed by atoms with van der Waals surface area (Å²) in [6.45, 7) is 0. The van der Waals surface area contributed by atoms with Crippen LogP contribution in [0.2, 0.25) is 0 Å². The van der Waals surface area contributed by atoms with Crippen LogP contribution >= 0.6 is 0 Å². The van der Waals surface area contributed by atoms with E-state index in [1.54, 1.807) is 0 Å². The Labute approximate surface area is 402 Å². The van der Waals surface area contributed by atoms with Gasteiger partial charge in [-0.05, 0) is 119 Å². The maximum atomic E-state index is 13.2. The maximum absolute atomic E-state index is 13.2. The molecule has 0 aliphatic rings. The van der Waals surface area contributed by atoms with Crippen LogP contribution in [0.1, 0.15) is 0 Å². The molecule has 0 amide bonds. The van der Waals surface area contributed by atoms with Crippen LogP contribution in [0.5, 0.6) is 0 Å². The van der Waals surface area contributed by atoms with E-state index >= 15 is 0 Å². The average Bonchev–Trinajstić information content (AvgIpc) is 3.38. The fourth-order valence-corrected chi connectivity index (χ4v) is 16.6. The fourth-order valence-electron chi connectivity index (χ4n) is 7.68. The SMILES string of the molecule is O[Si](c1ccc(F)cc1)(c1ccc(F)cc1)c1ccc(F)cc1.O[Si](c1ccc(F)cc1)(c1ccc(F)cc1)c1ccc(F)cc1.O[Si](c1ccccc1)(c1ccccc1)c1ccccc1.[O]=[V]. The van der Waals surface area contributed by atoms with Crippen molar-refractivity contribution in [1.29, 1.82) is 0 Å². The van der Waals surface area contributed by atoms with Crippen molar-refractivity contribution in [2.75, 3.05) is 0 Å². The molecule has 3 N–H and O–H groups in total. The van der Waals surface area contributed by atoms with Gasteiger partial charge in [0.05, 0.1) is 0 Å². The zero-order chi connectivity index (χ0) is 48.7. The standard InChI is InChI=1S/2C18H13F3OSi.C18H16OSi.O.V/c2*19-13-1-7-16(8-2-13)23(22,17-9-3-14(20)4-10-17)18-11-5-15(21)6-12-18;19-20(16-10-4-1-5-11-16,17-12-6-2-7-13-17)18-14-8-3-9-15-18;;/h2*1-12,22H;1-15,19H;;. The van der Waals surface area contributed by atoms with Crippen molar-refractivity contribution in [3.05, 3.63) is 271 Å². The van der Waals surface area contributed by atoms with E-state index in [0.29, 0.717) is 31.1 Å². The van der Waals surface area contributed by atoms with E-state index in [1.807, 2.05) is 91.0 Å². The summed E-state index contributed by atoms with van der Waals surface area (Å²) in [6.07, 6.45) is 0. The van der Waals surface area contributed by atoms with Gasteiger partial charge in [-0.15, -0.1) is 0 Å². The first-order chi connectivity index (χ1) is 32.8. The quantitative estimate of drug-likeness (QED) is 0.0994. The van der Waals surface area contributed by atoms with Crippen LogP contribution in [0.3, 0.4) is 0 Å². The molecule has 0 aliphatic heterocycles. The first kappa shape index (κ1) is 50.9. The molecule has 0 heterocycles. The van der Waals surface area contributed by atoms with Crippen molar-refractivity contribution >= 4 is 71.6 Å². The summed E-state index contributed by atoms with van der Waals surface area (Å²) in [5, 5.41) is 6.27. The molecule has 341 valence electrons. The topological polar surface area (TPSA) is 77.8 Å². The number of benzene rings is 9. The molecule has 0 atom stereocenters. The van der Waals surface area contributed by atoms with Crippen LogP contribution in [-0.4, -0.2) is 39.3 Å². The Morgan fingerprint density at radius 1 is 0.221 bits per heavy atom. The average molecular weight is 1000 g/mol. The number of hydrogen-bond acceptors (Lipinski definition) is 4. The normalized spacial score (nSPS) is 11.1. The molecule has 4 nitrogen and oxygen atoms in total. The molecule has 0 radical (unpaired) electrons. The Balaban J connectivity index is 0.000000165. The van der Waals surface area contributed by atoms with Crippen molar-refractivity contribution in [3.8, 4) is 0 Å². The van der Waals surface area contributed by atoms with Crippen molar-refractivity contribution < 1.29 is 61.8 Å². The Hall–Kier alpha value is -6.52. The molecule has 0 saturated heterocycles. The molecule has 9 aromatic rings. The number of rotatable bonds is 9. The van der Waals surface area contributed by atoms with Gasteiger partial charge in [0.1, 0.15) is 34.9 Å². The van der Waals surface area contributed by atoms with Crippen LogP contribution in [0.4, 0.5) is 26.3 Å². The van der Waals surface area contributed by atoms with Gasteiger partial charge in [0.2, 0.25) is 0 Å². The summed E-state index contributed by atoms with van der Waals surface area (Å²) < 4.78 is 87.5. The van der Waals surface area contributed by atoms with Crippen LogP contribution in [-0.2, 0) is 21.0 Å². The molecule has 0 saturated carbocycles. The molecule has 0 unspecified atom stereocenters. The molecule has 0 bridgehead atoms. The minimum atomic E-state index is -3.45. The van der Waals surface area contributed by atoms with Gasteiger partial charge in [-0.2, -0.15) is 0 Å². The second-order valence-corrected chi connectivity index (χ2v) is 24.7. The van der Waals surface area contributed by atoms with Gasteiger partial charge in [-0.25, -0.2) is 26.3 Å². The van der Waals surface area contributed by atoms with Gasteiger partial charge < -0.3 is 14.4 Å².